The largest absolute Gasteiger partial charge is 0.491 e. The van der Waals surface area contributed by atoms with Crippen molar-refractivity contribution in [2.24, 2.45) is 21.5 Å². The highest BCUT2D eigenvalue weighted by Crippen LogP contribution is 2.33. The molecule has 160 valence electrons. The molecule has 0 aliphatic carbocycles. The molecule has 0 atom stereocenters. The number of methoxy groups -OCH3 is 1. The van der Waals surface area contributed by atoms with Crippen molar-refractivity contribution in [3.63, 3.8) is 0 Å². The molecule has 11 heteroatoms. The standard InChI is InChI=1S/C19H25N7O4/c1-4-26-18(28)13-5-6-14(30-8-7-20)16(29-3)15(13)24-19(26)25-17(27)12(9-22-2)10-23-11-21/h5-6,9-10H,2,4,7-8,11,20-21H2,1,3H3,(H,24,25,27)/b12-9+,23-10?. The lowest BCUT2D eigenvalue weighted by atomic mass is 10.2. The number of hydrogen-bond donors (Lipinski definition) is 3. The van der Waals surface area contributed by atoms with Crippen molar-refractivity contribution in [1.29, 1.82) is 0 Å². The number of rotatable bonds is 10. The minimum atomic E-state index is -0.581. The maximum atomic E-state index is 13.0. The summed E-state index contributed by atoms with van der Waals surface area (Å²) in [6.07, 6.45) is 2.49. The normalized spacial score (nSPS) is 11.7. The smallest absolute Gasteiger partial charge is 0.262 e. The molecule has 30 heavy (non-hydrogen) atoms. The van der Waals surface area contributed by atoms with Crippen LogP contribution in [0, 0.1) is 0 Å². The van der Waals surface area contributed by atoms with Gasteiger partial charge in [-0.25, -0.2) is 4.98 Å². The molecule has 1 heterocycles. The first-order valence-electron chi connectivity index (χ1n) is 9.13. The van der Waals surface area contributed by atoms with Crippen LogP contribution in [0.5, 0.6) is 11.5 Å². The van der Waals surface area contributed by atoms with Crippen molar-refractivity contribution in [2.45, 2.75) is 13.5 Å². The van der Waals surface area contributed by atoms with Crippen molar-refractivity contribution < 1.29 is 14.3 Å². The Morgan fingerprint density at radius 1 is 1.40 bits per heavy atom. The fraction of sp³-hybridized carbons (Fsp3) is 0.316. The summed E-state index contributed by atoms with van der Waals surface area (Å²) in [6, 6.07) is 3.22. The van der Waals surface area contributed by atoms with Gasteiger partial charge in [-0.05, 0) is 25.8 Å². The fourth-order valence-corrected chi connectivity index (χ4v) is 2.69. The number of nitrogens with one attached hydrogen (secondary N) is 1. The molecule has 0 aliphatic rings. The first-order chi connectivity index (χ1) is 14.5. The SMILES string of the molecule is C=N/C=C(\C=NCN)C(=O)Nc1nc2c(OC)c(OCCN)ccc2c(=O)n1CC. The first kappa shape index (κ1) is 22.7. The molecule has 0 spiro atoms. The van der Waals surface area contributed by atoms with Gasteiger partial charge in [-0.15, -0.1) is 0 Å². The van der Waals surface area contributed by atoms with Gasteiger partial charge < -0.3 is 20.9 Å². The van der Waals surface area contributed by atoms with Crippen molar-refractivity contribution in [3.8, 4) is 11.5 Å². The van der Waals surface area contributed by atoms with Crippen LogP contribution in [0.4, 0.5) is 5.95 Å². The zero-order valence-electron chi connectivity index (χ0n) is 16.9. The van der Waals surface area contributed by atoms with Gasteiger partial charge in [-0.3, -0.25) is 29.5 Å². The maximum Gasteiger partial charge on any atom is 0.262 e. The van der Waals surface area contributed by atoms with Gasteiger partial charge >= 0.3 is 0 Å². The van der Waals surface area contributed by atoms with Crippen LogP contribution >= 0.6 is 0 Å². The van der Waals surface area contributed by atoms with E-state index in [2.05, 4.69) is 27.0 Å². The number of carbonyl (C=O) groups excluding carboxylic acids is 1. The van der Waals surface area contributed by atoms with E-state index in [0.29, 0.717) is 17.7 Å². The molecule has 1 aromatic heterocycles. The molecule has 0 fully saturated rings. The predicted molar refractivity (Wildman–Crippen MR) is 117 cm³/mol. The van der Waals surface area contributed by atoms with E-state index in [0.717, 1.165) is 0 Å². The van der Waals surface area contributed by atoms with Gasteiger partial charge in [0.2, 0.25) is 5.95 Å². The monoisotopic (exact) mass is 415 g/mol. The molecule has 2 rings (SSSR count). The predicted octanol–water partition coefficient (Wildman–Crippen LogP) is 0.273. The number of ether oxygens (including phenoxy) is 2. The van der Waals surface area contributed by atoms with Crippen molar-refractivity contribution in [2.75, 3.05) is 32.2 Å². The minimum Gasteiger partial charge on any atom is -0.491 e. The third-order valence-corrected chi connectivity index (χ3v) is 3.99. The topological polar surface area (TPSA) is 159 Å². The third kappa shape index (κ3) is 4.88. The molecule has 5 N–H and O–H groups in total. The van der Waals surface area contributed by atoms with Crippen LogP contribution in [-0.2, 0) is 11.3 Å². The zero-order valence-corrected chi connectivity index (χ0v) is 16.9. The lowest BCUT2D eigenvalue weighted by molar-refractivity contribution is -0.112. The van der Waals surface area contributed by atoms with Crippen molar-refractivity contribution in [3.05, 3.63) is 34.3 Å². The van der Waals surface area contributed by atoms with Gasteiger partial charge in [0.25, 0.3) is 11.5 Å². The Kier molecular flexibility index (Phi) is 8.20. The molecule has 0 aliphatic heterocycles. The Hall–Kier alpha value is -3.57. The molecule has 0 unspecified atom stereocenters. The van der Waals surface area contributed by atoms with E-state index in [1.54, 1.807) is 19.1 Å². The quantitative estimate of drug-likeness (QED) is 0.371. The minimum absolute atomic E-state index is 0.00156. The van der Waals surface area contributed by atoms with Crippen LogP contribution in [0.1, 0.15) is 6.92 Å². The first-order valence-corrected chi connectivity index (χ1v) is 9.13. The number of benzene rings is 1. The Balaban J connectivity index is 2.62. The summed E-state index contributed by atoms with van der Waals surface area (Å²) in [5.41, 5.74) is 10.8. The summed E-state index contributed by atoms with van der Waals surface area (Å²) in [6.45, 7) is 5.95. The molecule has 1 aromatic carbocycles. The van der Waals surface area contributed by atoms with E-state index >= 15 is 0 Å². The van der Waals surface area contributed by atoms with E-state index < -0.39 is 5.91 Å². The number of carbonyl (C=O) groups is 1. The molecular formula is C19H25N7O4. The van der Waals surface area contributed by atoms with E-state index in [1.165, 1.54) is 24.1 Å². The molecule has 11 nitrogen and oxygen atoms in total. The van der Waals surface area contributed by atoms with Crippen LogP contribution < -0.4 is 31.8 Å². The van der Waals surface area contributed by atoms with Gasteiger partial charge in [0.1, 0.15) is 12.1 Å². The molecule has 2 aromatic rings. The number of aliphatic imine (C=N–C) groups is 2. The highest BCUT2D eigenvalue weighted by molar-refractivity contribution is 6.17. The second-order valence-corrected chi connectivity index (χ2v) is 5.83. The Morgan fingerprint density at radius 2 is 2.17 bits per heavy atom. The zero-order chi connectivity index (χ0) is 22.1. The average molecular weight is 415 g/mol. The average Bonchev–Trinajstić information content (AvgIpc) is 2.74. The lowest BCUT2D eigenvalue weighted by Crippen LogP contribution is -2.28. The molecule has 0 saturated carbocycles. The fourth-order valence-electron chi connectivity index (χ4n) is 2.69. The number of amides is 1. The van der Waals surface area contributed by atoms with Crippen LogP contribution in [0.15, 0.2) is 38.7 Å². The number of nitrogens with zero attached hydrogens (tertiary/aromatic N) is 4. The summed E-state index contributed by atoms with van der Waals surface area (Å²) < 4.78 is 12.3. The number of fused-ring (bicyclic) bond motifs is 1. The molecule has 0 radical (unpaired) electrons. The van der Waals surface area contributed by atoms with E-state index in [4.69, 9.17) is 20.9 Å². The maximum absolute atomic E-state index is 13.0. The van der Waals surface area contributed by atoms with Crippen LogP contribution in [0.3, 0.4) is 0 Å². The molecule has 1 amide bonds. The number of nitrogens with two attached hydrogens (primary N) is 2. The summed E-state index contributed by atoms with van der Waals surface area (Å²) in [5.74, 6) is 0.110. The Bertz CT molecular complexity index is 1040. The summed E-state index contributed by atoms with van der Waals surface area (Å²) in [4.78, 5) is 37.5. The van der Waals surface area contributed by atoms with Crippen LogP contribution in [0.2, 0.25) is 0 Å². The second-order valence-electron chi connectivity index (χ2n) is 5.83. The van der Waals surface area contributed by atoms with Crippen molar-refractivity contribution >= 4 is 35.7 Å². The Labute approximate surface area is 173 Å². The number of aromatic nitrogens is 2. The molecule has 0 bridgehead atoms. The van der Waals surface area contributed by atoms with Crippen LogP contribution in [0.25, 0.3) is 10.9 Å². The summed E-state index contributed by atoms with van der Waals surface area (Å²) in [5, 5.41) is 2.93. The Morgan fingerprint density at radius 3 is 2.77 bits per heavy atom. The van der Waals surface area contributed by atoms with Gasteiger partial charge in [-0.2, -0.15) is 0 Å². The lowest BCUT2D eigenvalue weighted by Gasteiger charge is -2.16. The van der Waals surface area contributed by atoms with E-state index in [9.17, 15) is 9.59 Å². The highest BCUT2D eigenvalue weighted by Gasteiger charge is 2.19. The molecular weight excluding hydrogens is 390 g/mol. The third-order valence-electron chi connectivity index (χ3n) is 3.99. The summed E-state index contributed by atoms with van der Waals surface area (Å²) in [7, 11) is 1.44. The van der Waals surface area contributed by atoms with Gasteiger partial charge in [-0.1, -0.05) is 0 Å². The van der Waals surface area contributed by atoms with E-state index in [-0.39, 0.29) is 48.2 Å². The number of anilines is 1. The second kappa shape index (κ2) is 10.8. The molecule has 0 saturated heterocycles. The number of hydrogen-bond acceptors (Lipinski definition) is 9. The van der Waals surface area contributed by atoms with Crippen molar-refractivity contribution in [1.82, 2.24) is 9.55 Å². The van der Waals surface area contributed by atoms with Crippen LogP contribution in [-0.4, -0.2) is 55.3 Å². The van der Waals surface area contributed by atoms with Gasteiger partial charge in [0.15, 0.2) is 11.5 Å². The van der Waals surface area contributed by atoms with Gasteiger partial charge in [0.05, 0.1) is 24.7 Å². The highest BCUT2D eigenvalue weighted by atomic mass is 16.5. The van der Waals surface area contributed by atoms with Gasteiger partial charge in [0, 0.05) is 25.5 Å². The van der Waals surface area contributed by atoms with E-state index in [1.807, 2.05) is 0 Å². The summed E-state index contributed by atoms with van der Waals surface area (Å²) >= 11 is 0.